The summed E-state index contributed by atoms with van der Waals surface area (Å²) in [7, 11) is 0. The van der Waals surface area contributed by atoms with Crippen LogP contribution in [0.25, 0.3) is 130 Å². The Morgan fingerprint density at radius 2 is 0.585 bits per heavy atom. The van der Waals surface area contributed by atoms with Crippen LogP contribution in [0.1, 0.15) is 0 Å². The van der Waals surface area contributed by atoms with Crippen molar-refractivity contribution in [1.82, 2.24) is 18.3 Å². The molecule has 0 aliphatic carbocycles. The van der Waals surface area contributed by atoms with Gasteiger partial charge in [0.15, 0.2) is 0 Å². The lowest BCUT2D eigenvalue weighted by Gasteiger charge is -2.12. The van der Waals surface area contributed by atoms with E-state index in [9.17, 15) is 0 Å². The normalized spacial score (nSPS) is 12.3. The van der Waals surface area contributed by atoms with Crippen molar-refractivity contribution in [1.29, 1.82) is 0 Å². The van der Waals surface area contributed by atoms with E-state index in [-0.39, 0.29) is 0 Å². The average Bonchev–Trinajstić information content (AvgIpc) is 4.17. The molecule has 0 amide bonds. The van der Waals surface area contributed by atoms with Gasteiger partial charge in [-0.05, 0) is 91.0 Å². The van der Waals surface area contributed by atoms with Crippen LogP contribution < -0.4 is 0 Å². The second-order valence-corrected chi connectivity index (χ2v) is 18.3. The maximum atomic E-state index is 2.50. The van der Waals surface area contributed by atoms with E-state index in [1.165, 1.54) is 119 Å². The summed E-state index contributed by atoms with van der Waals surface area (Å²) in [5.74, 6) is 0. The Balaban J connectivity index is 0.940. The van der Waals surface area contributed by atoms with Gasteiger partial charge in [-0.3, -0.25) is 0 Å². The maximum absolute atomic E-state index is 2.50. The van der Waals surface area contributed by atoms with Gasteiger partial charge in [0.2, 0.25) is 0 Å². The summed E-state index contributed by atoms with van der Waals surface area (Å²) >= 11 is 1.89. The smallest absolute Gasteiger partial charge is 0.0640 e. The maximum Gasteiger partial charge on any atom is 0.0640 e. The molecule has 0 radical (unpaired) electrons. The van der Waals surface area contributed by atoms with Crippen LogP contribution in [0.3, 0.4) is 0 Å². The van der Waals surface area contributed by atoms with Gasteiger partial charge in [0.05, 0.1) is 60.2 Å². The van der Waals surface area contributed by atoms with Crippen molar-refractivity contribution >= 4 is 119 Å². The topological polar surface area (TPSA) is 19.7 Å². The van der Waals surface area contributed by atoms with E-state index in [0.717, 1.165) is 11.4 Å². The molecule has 0 N–H and O–H groups in total. The Kier molecular flexibility index (Phi) is 7.07. The van der Waals surface area contributed by atoms with Crippen molar-refractivity contribution in [3.8, 4) is 22.7 Å². The quantitative estimate of drug-likeness (QED) is 0.168. The van der Waals surface area contributed by atoms with E-state index >= 15 is 0 Å². The molecule has 0 atom stereocenters. The Morgan fingerprint density at radius 3 is 1.06 bits per heavy atom. The number of nitrogens with zero attached hydrogens (tertiary/aromatic N) is 4. The Labute approximate surface area is 376 Å². The van der Waals surface area contributed by atoms with Gasteiger partial charge < -0.3 is 18.3 Å². The van der Waals surface area contributed by atoms with Crippen molar-refractivity contribution in [3.05, 3.63) is 218 Å². The summed E-state index contributed by atoms with van der Waals surface area (Å²) in [6, 6.07) is 80.6. The number of thiophene rings is 1. The third-order valence-corrected chi connectivity index (χ3v) is 15.1. The first-order chi connectivity index (χ1) is 32.3. The number of fused-ring (bicyclic) bond motifs is 15. The Bertz CT molecular complexity index is 4380. The second kappa shape index (κ2) is 13.1. The Morgan fingerprint density at radius 1 is 0.246 bits per heavy atom. The summed E-state index contributed by atoms with van der Waals surface area (Å²) in [4.78, 5) is 0. The minimum Gasteiger partial charge on any atom is -0.309 e. The first kappa shape index (κ1) is 35.1. The zero-order valence-corrected chi connectivity index (χ0v) is 35.8. The number of benzene rings is 10. The molecule has 0 fully saturated rings. The summed E-state index contributed by atoms with van der Waals surface area (Å²) in [5, 5.41) is 12.6. The zero-order chi connectivity index (χ0) is 42.3. The highest BCUT2D eigenvalue weighted by Crippen LogP contribution is 2.45. The van der Waals surface area contributed by atoms with Crippen LogP contribution >= 0.6 is 11.3 Å². The molecule has 15 aromatic rings. The molecule has 0 aliphatic rings. The molecule has 0 spiro atoms. The summed E-state index contributed by atoms with van der Waals surface area (Å²) in [6.07, 6.45) is 0. The molecule has 0 bridgehead atoms. The number of hydrogen-bond acceptors (Lipinski definition) is 1. The van der Waals surface area contributed by atoms with E-state index in [4.69, 9.17) is 0 Å². The highest BCUT2D eigenvalue weighted by atomic mass is 32.1. The van der Waals surface area contributed by atoms with Crippen LogP contribution in [-0.4, -0.2) is 18.3 Å². The van der Waals surface area contributed by atoms with Gasteiger partial charge in [0.25, 0.3) is 0 Å². The van der Waals surface area contributed by atoms with Crippen molar-refractivity contribution in [2.45, 2.75) is 0 Å². The van der Waals surface area contributed by atoms with Crippen LogP contribution in [0.4, 0.5) is 0 Å². The van der Waals surface area contributed by atoms with E-state index in [1.807, 2.05) is 11.3 Å². The lowest BCUT2D eigenvalue weighted by atomic mass is 10.1. The predicted octanol–water partition coefficient (Wildman–Crippen LogP) is 16.4. The fraction of sp³-hybridized carbons (Fsp3) is 0. The molecule has 0 aliphatic heterocycles. The fourth-order valence-electron chi connectivity index (χ4n) is 11.3. The molecule has 302 valence electrons. The molecular weight excluding hydrogens is 809 g/mol. The summed E-state index contributed by atoms with van der Waals surface area (Å²) in [6.45, 7) is 0. The standard InChI is InChI=1S/C60H36N4S/c1-7-22-48-39(15-1)40-16-2-8-23-49(40)61(48)37-31-33-54-46(35-37)43-19-5-9-24-50(43)62(54)38-32-34-55-47(36-38)44-20-6-12-27-53(44)63(55)56-28-14-30-58-59(56)45-21-13-29-57(60(45)65-58)64-51-25-10-3-17-41(51)42-18-4-11-26-52(42)64/h1-36H. The molecule has 65 heavy (non-hydrogen) atoms. The van der Waals surface area contributed by atoms with Crippen LogP contribution in [0.2, 0.25) is 0 Å². The third-order valence-electron chi connectivity index (χ3n) is 14.0. The molecule has 15 rings (SSSR count). The van der Waals surface area contributed by atoms with Gasteiger partial charge in [-0.15, -0.1) is 11.3 Å². The average molecular weight is 845 g/mol. The van der Waals surface area contributed by atoms with E-state index in [2.05, 4.69) is 237 Å². The van der Waals surface area contributed by atoms with Crippen molar-refractivity contribution in [3.63, 3.8) is 0 Å². The molecule has 5 heteroatoms. The molecule has 4 nitrogen and oxygen atoms in total. The van der Waals surface area contributed by atoms with E-state index in [0.29, 0.717) is 0 Å². The van der Waals surface area contributed by atoms with Crippen LogP contribution in [0, 0.1) is 0 Å². The van der Waals surface area contributed by atoms with Gasteiger partial charge in [-0.1, -0.05) is 127 Å². The van der Waals surface area contributed by atoms with Crippen molar-refractivity contribution in [2.75, 3.05) is 0 Å². The van der Waals surface area contributed by atoms with Gasteiger partial charge in [0.1, 0.15) is 0 Å². The first-order valence-corrected chi connectivity index (χ1v) is 23.1. The highest BCUT2D eigenvalue weighted by molar-refractivity contribution is 7.26. The predicted molar refractivity (Wildman–Crippen MR) is 277 cm³/mol. The number of para-hydroxylation sites is 6. The summed E-state index contributed by atoms with van der Waals surface area (Å²) < 4.78 is 12.4. The number of aromatic nitrogens is 4. The first-order valence-electron chi connectivity index (χ1n) is 22.3. The van der Waals surface area contributed by atoms with Crippen molar-refractivity contribution < 1.29 is 0 Å². The van der Waals surface area contributed by atoms with Gasteiger partial charge in [-0.2, -0.15) is 0 Å². The minimum atomic E-state index is 1.14. The van der Waals surface area contributed by atoms with Gasteiger partial charge >= 0.3 is 0 Å². The monoisotopic (exact) mass is 844 g/mol. The Hall–Kier alpha value is -8.38. The molecule has 5 heterocycles. The molecule has 10 aromatic carbocycles. The SMILES string of the molecule is c1cc(-n2c3ccccc3c3cc(-n4c5ccccc5c5cc(-n6c7ccccc7c7ccccc76)ccc54)ccc32)c2c(c1)sc1c(-n3c4ccccc4c4ccccc43)cccc12. The highest BCUT2D eigenvalue weighted by Gasteiger charge is 2.22. The molecule has 5 aromatic heterocycles. The molecule has 0 saturated heterocycles. The van der Waals surface area contributed by atoms with E-state index < -0.39 is 0 Å². The minimum absolute atomic E-state index is 1.14. The lowest BCUT2D eigenvalue weighted by Crippen LogP contribution is -1.97. The molecular formula is C60H36N4S. The van der Waals surface area contributed by atoms with Crippen molar-refractivity contribution in [2.24, 2.45) is 0 Å². The van der Waals surface area contributed by atoms with Crippen LogP contribution in [0.5, 0.6) is 0 Å². The molecule has 0 unspecified atom stereocenters. The summed E-state index contributed by atoms with van der Waals surface area (Å²) in [5.41, 5.74) is 14.4. The lowest BCUT2D eigenvalue weighted by molar-refractivity contribution is 1.16. The third kappa shape index (κ3) is 4.74. The number of rotatable bonds is 4. The van der Waals surface area contributed by atoms with Crippen LogP contribution in [-0.2, 0) is 0 Å². The fourth-order valence-corrected chi connectivity index (χ4v) is 12.5. The van der Waals surface area contributed by atoms with Gasteiger partial charge in [-0.25, -0.2) is 0 Å². The largest absolute Gasteiger partial charge is 0.309 e. The van der Waals surface area contributed by atoms with Gasteiger partial charge in [0, 0.05) is 69.9 Å². The zero-order valence-electron chi connectivity index (χ0n) is 35.0. The molecule has 0 saturated carbocycles. The number of hydrogen-bond donors (Lipinski definition) is 0. The second-order valence-electron chi connectivity index (χ2n) is 17.3. The van der Waals surface area contributed by atoms with Crippen LogP contribution in [0.15, 0.2) is 218 Å². The van der Waals surface area contributed by atoms with E-state index in [1.54, 1.807) is 0 Å².